The highest BCUT2D eigenvalue weighted by atomic mass is 35.5. The Labute approximate surface area is 136 Å². The predicted molar refractivity (Wildman–Crippen MR) is 94.4 cm³/mol. The van der Waals surface area contributed by atoms with E-state index in [1.807, 2.05) is 0 Å². The molecule has 0 unspecified atom stereocenters. The number of halogens is 1. The van der Waals surface area contributed by atoms with Gasteiger partial charge in [-0.3, -0.25) is 0 Å². The Morgan fingerprint density at radius 2 is 2.05 bits per heavy atom. The summed E-state index contributed by atoms with van der Waals surface area (Å²) >= 11 is 8.17. The maximum atomic E-state index is 6.44. The average Bonchev–Trinajstić information content (AvgIpc) is 2.91. The van der Waals surface area contributed by atoms with Crippen molar-refractivity contribution in [2.75, 3.05) is 18.5 Å². The number of rotatable bonds is 7. The minimum atomic E-state index is 0.663. The van der Waals surface area contributed by atoms with Crippen LogP contribution < -0.4 is 10.2 Å². The third-order valence-electron chi connectivity index (χ3n) is 3.30. The summed E-state index contributed by atoms with van der Waals surface area (Å²) in [5.41, 5.74) is 3.63. The van der Waals surface area contributed by atoms with Crippen molar-refractivity contribution in [2.45, 2.75) is 26.9 Å². The molecule has 0 radical (unpaired) electrons. The molecular weight excluding hydrogens is 300 g/mol. The van der Waals surface area contributed by atoms with Gasteiger partial charge in [-0.2, -0.15) is 11.3 Å². The summed E-state index contributed by atoms with van der Waals surface area (Å²) < 4.78 is 0. The molecule has 0 aliphatic carbocycles. The summed E-state index contributed by atoms with van der Waals surface area (Å²) in [6.07, 6.45) is 0. The van der Waals surface area contributed by atoms with Gasteiger partial charge in [0.15, 0.2) is 0 Å². The molecule has 21 heavy (non-hydrogen) atoms. The monoisotopic (exact) mass is 322 g/mol. The van der Waals surface area contributed by atoms with E-state index < -0.39 is 0 Å². The second-order valence-electron chi connectivity index (χ2n) is 5.80. The fraction of sp³-hybridized carbons (Fsp3) is 0.412. The zero-order valence-electron chi connectivity index (χ0n) is 12.9. The van der Waals surface area contributed by atoms with Crippen molar-refractivity contribution < 1.29 is 0 Å². The van der Waals surface area contributed by atoms with Crippen LogP contribution in [0, 0.1) is 5.92 Å². The molecule has 2 aromatic rings. The third-order valence-corrected chi connectivity index (χ3v) is 4.34. The van der Waals surface area contributed by atoms with Crippen LogP contribution in [0.4, 0.5) is 5.69 Å². The highest BCUT2D eigenvalue weighted by Crippen LogP contribution is 2.27. The van der Waals surface area contributed by atoms with Gasteiger partial charge in [-0.15, -0.1) is 0 Å². The number of anilines is 1. The molecule has 0 aliphatic rings. The molecule has 0 bridgehead atoms. The van der Waals surface area contributed by atoms with Crippen LogP contribution in [0.15, 0.2) is 35.0 Å². The molecule has 0 spiro atoms. The number of nitrogens with zero attached hydrogens (tertiary/aromatic N) is 1. The summed E-state index contributed by atoms with van der Waals surface area (Å²) in [7, 11) is 2.08. The van der Waals surface area contributed by atoms with Gasteiger partial charge in [0.25, 0.3) is 0 Å². The highest BCUT2D eigenvalue weighted by molar-refractivity contribution is 7.07. The van der Waals surface area contributed by atoms with Gasteiger partial charge in [0, 0.05) is 20.1 Å². The van der Waals surface area contributed by atoms with Crippen molar-refractivity contribution in [3.8, 4) is 0 Å². The van der Waals surface area contributed by atoms with Crippen molar-refractivity contribution in [3.05, 3.63) is 51.2 Å². The second-order valence-corrected chi connectivity index (χ2v) is 6.99. The highest BCUT2D eigenvalue weighted by Gasteiger charge is 2.08. The van der Waals surface area contributed by atoms with Gasteiger partial charge in [0.1, 0.15) is 0 Å². The minimum absolute atomic E-state index is 0.663. The largest absolute Gasteiger partial charge is 0.369 e. The van der Waals surface area contributed by atoms with E-state index in [0.717, 1.165) is 30.3 Å². The maximum Gasteiger partial charge on any atom is 0.0642 e. The van der Waals surface area contributed by atoms with Crippen LogP contribution in [0.1, 0.15) is 25.0 Å². The van der Waals surface area contributed by atoms with Crippen LogP contribution in [-0.4, -0.2) is 13.6 Å². The van der Waals surface area contributed by atoms with Crippen LogP contribution in [0.5, 0.6) is 0 Å². The van der Waals surface area contributed by atoms with Gasteiger partial charge in [-0.05, 0) is 52.5 Å². The minimum Gasteiger partial charge on any atom is -0.369 e. The molecule has 1 N–H and O–H groups in total. The summed E-state index contributed by atoms with van der Waals surface area (Å²) in [4.78, 5) is 2.19. The Bertz CT molecular complexity index is 552. The Morgan fingerprint density at radius 3 is 2.67 bits per heavy atom. The first-order chi connectivity index (χ1) is 10.1. The van der Waals surface area contributed by atoms with E-state index in [1.54, 1.807) is 11.3 Å². The van der Waals surface area contributed by atoms with Crippen LogP contribution in [0.3, 0.4) is 0 Å². The molecule has 1 aromatic heterocycles. The predicted octanol–water partition coefficient (Wildman–Crippen LogP) is 4.78. The van der Waals surface area contributed by atoms with Crippen molar-refractivity contribution in [2.24, 2.45) is 5.92 Å². The van der Waals surface area contributed by atoms with Gasteiger partial charge >= 0.3 is 0 Å². The Morgan fingerprint density at radius 1 is 1.24 bits per heavy atom. The fourth-order valence-electron chi connectivity index (χ4n) is 2.22. The first-order valence-electron chi connectivity index (χ1n) is 7.27. The first-order valence-corrected chi connectivity index (χ1v) is 8.59. The molecule has 114 valence electrons. The zero-order valence-corrected chi connectivity index (χ0v) is 14.5. The number of thiophene rings is 1. The quantitative estimate of drug-likeness (QED) is 0.789. The fourth-order valence-corrected chi connectivity index (χ4v) is 3.22. The third kappa shape index (κ3) is 5.03. The number of hydrogen-bond donors (Lipinski definition) is 1. The summed E-state index contributed by atoms with van der Waals surface area (Å²) in [6, 6.07) is 8.48. The number of hydrogen-bond acceptors (Lipinski definition) is 3. The van der Waals surface area contributed by atoms with Crippen LogP contribution in [0.25, 0.3) is 0 Å². The van der Waals surface area contributed by atoms with Crippen molar-refractivity contribution in [1.82, 2.24) is 5.32 Å². The summed E-state index contributed by atoms with van der Waals surface area (Å²) in [5, 5.41) is 8.54. The molecule has 0 saturated heterocycles. The second kappa shape index (κ2) is 7.83. The van der Waals surface area contributed by atoms with Gasteiger partial charge in [-0.25, -0.2) is 0 Å². The lowest BCUT2D eigenvalue weighted by molar-refractivity contribution is 0.552. The Kier molecular flexibility index (Phi) is 6.09. The number of benzene rings is 1. The topological polar surface area (TPSA) is 15.3 Å². The van der Waals surface area contributed by atoms with Crippen molar-refractivity contribution in [3.63, 3.8) is 0 Å². The molecule has 0 atom stereocenters. The zero-order chi connectivity index (χ0) is 15.2. The lowest BCUT2D eigenvalue weighted by atomic mass is 10.1. The Hall–Kier alpha value is -1.03. The number of nitrogens with one attached hydrogen (secondary N) is 1. The van der Waals surface area contributed by atoms with Crippen LogP contribution in [-0.2, 0) is 13.1 Å². The van der Waals surface area contributed by atoms with E-state index >= 15 is 0 Å². The summed E-state index contributed by atoms with van der Waals surface area (Å²) in [6.45, 7) is 7.20. The molecule has 0 amide bonds. The first kappa shape index (κ1) is 16.3. The van der Waals surface area contributed by atoms with E-state index in [2.05, 4.69) is 66.1 Å². The molecule has 0 fully saturated rings. The van der Waals surface area contributed by atoms with Gasteiger partial charge in [0.2, 0.25) is 0 Å². The normalized spacial score (nSPS) is 11.1. The van der Waals surface area contributed by atoms with Gasteiger partial charge in [-0.1, -0.05) is 31.5 Å². The van der Waals surface area contributed by atoms with Crippen LogP contribution in [0.2, 0.25) is 5.02 Å². The van der Waals surface area contributed by atoms with Crippen molar-refractivity contribution in [1.29, 1.82) is 0 Å². The van der Waals surface area contributed by atoms with Crippen molar-refractivity contribution >= 4 is 28.6 Å². The van der Waals surface area contributed by atoms with E-state index in [4.69, 9.17) is 11.6 Å². The van der Waals surface area contributed by atoms with E-state index in [9.17, 15) is 0 Å². The standard InChI is InChI=1S/C17H23ClN2S/c1-13(2)9-19-10-14-4-5-17(16(18)8-14)20(3)11-15-6-7-21-12-15/h4-8,12-13,19H,9-11H2,1-3H3. The van der Waals surface area contributed by atoms with Gasteiger partial charge < -0.3 is 10.2 Å². The molecule has 0 saturated carbocycles. The molecule has 4 heteroatoms. The molecule has 0 aliphatic heterocycles. The van der Waals surface area contributed by atoms with Gasteiger partial charge in [0.05, 0.1) is 10.7 Å². The lowest BCUT2D eigenvalue weighted by Crippen LogP contribution is -2.19. The van der Waals surface area contributed by atoms with E-state index in [-0.39, 0.29) is 0 Å². The molecule has 1 aromatic carbocycles. The molecule has 1 heterocycles. The van der Waals surface area contributed by atoms with Crippen LogP contribution >= 0.6 is 22.9 Å². The lowest BCUT2D eigenvalue weighted by Gasteiger charge is -2.20. The molecular formula is C17H23ClN2S. The maximum absolute atomic E-state index is 6.44. The SMILES string of the molecule is CC(C)CNCc1ccc(N(C)Cc2ccsc2)c(Cl)c1. The summed E-state index contributed by atoms with van der Waals surface area (Å²) in [5.74, 6) is 0.663. The van der Waals surface area contributed by atoms with E-state index in [0.29, 0.717) is 5.92 Å². The molecule has 2 nitrogen and oxygen atoms in total. The average molecular weight is 323 g/mol. The van der Waals surface area contributed by atoms with E-state index in [1.165, 1.54) is 11.1 Å². The molecule has 2 rings (SSSR count). The smallest absolute Gasteiger partial charge is 0.0642 e. The Balaban J connectivity index is 1.98.